The van der Waals surface area contributed by atoms with Crippen LogP contribution in [0, 0.1) is 5.82 Å². The molecule has 0 aliphatic heterocycles. The first-order valence-corrected chi connectivity index (χ1v) is 7.12. The van der Waals surface area contributed by atoms with Crippen molar-refractivity contribution in [2.24, 2.45) is 0 Å². The predicted octanol–water partition coefficient (Wildman–Crippen LogP) is 3.57. The molecule has 0 spiro atoms. The summed E-state index contributed by atoms with van der Waals surface area (Å²) in [5.74, 6) is -0.422. The highest BCUT2D eigenvalue weighted by atomic mass is 19.1. The maximum absolute atomic E-state index is 13.8. The highest BCUT2D eigenvalue weighted by Crippen LogP contribution is 2.21. The van der Waals surface area contributed by atoms with E-state index in [0.29, 0.717) is 12.2 Å². The summed E-state index contributed by atoms with van der Waals surface area (Å²) in [7, 11) is 0. The van der Waals surface area contributed by atoms with Crippen LogP contribution in [0.3, 0.4) is 0 Å². The molecular weight excluding hydrogens is 299 g/mol. The zero-order chi connectivity index (χ0) is 16.9. The van der Waals surface area contributed by atoms with Gasteiger partial charge in [0.05, 0.1) is 17.9 Å². The van der Waals surface area contributed by atoms with Crippen LogP contribution in [0.2, 0.25) is 0 Å². The van der Waals surface area contributed by atoms with Gasteiger partial charge in [0.15, 0.2) is 0 Å². The van der Waals surface area contributed by atoms with E-state index in [1.165, 1.54) is 24.5 Å². The summed E-state index contributed by atoms with van der Waals surface area (Å²) in [4.78, 5) is 19.6. The minimum Gasteiger partial charge on any atom is -0.444 e. The van der Waals surface area contributed by atoms with Gasteiger partial charge >= 0.3 is 6.09 Å². The number of carbonyl (C=O) groups excluding carboxylic acids is 1. The molecular formula is C16H19FN4O2. The third-order valence-corrected chi connectivity index (χ3v) is 2.71. The summed E-state index contributed by atoms with van der Waals surface area (Å²) in [6.45, 7) is 5.65. The first-order valence-electron chi connectivity index (χ1n) is 7.12. The first kappa shape index (κ1) is 16.7. The molecule has 6 nitrogen and oxygen atoms in total. The summed E-state index contributed by atoms with van der Waals surface area (Å²) < 4.78 is 19.0. The van der Waals surface area contributed by atoms with Crippen molar-refractivity contribution in [1.82, 2.24) is 9.97 Å². The average Bonchev–Trinajstić information content (AvgIpc) is 2.47. The molecule has 0 saturated heterocycles. The highest BCUT2D eigenvalue weighted by Gasteiger charge is 2.16. The van der Waals surface area contributed by atoms with Crippen molar-refractivity contribution >= 4 is 17.5 Å². The fourth-order valence-corrected chi connectivity index (χ4v) is 1.77. The summed E-state index contributed by atoms with van der Waals surface area (Å²) in [6, 6.07) is 5.97. The maximum Gasteiger partial charge on any atom is 0.412 e. The van der Waals surface area contributed by atoms with Gasteiger partial charge in [0.2, 0.25) is 0 Å². The number of halogens is 1. The van der Waals surface area contributed by atoms with E-state index < -0.39 is 17.5 Å². The quantitative estimate of drug-likeness (QED) is 0.901. The number of anilines is 2. The van der Waals surface area contributed by atoms with E-state index in [9.17, 15) is 9.18 Å². The summed E-state index contributed by atoms with van der Waals surface area (Å²) >= 11 is 0. The van der Waals surface area contributed by atoms with E-state index in [4.69, 9.17) is 4.74 Å². The Balaban J connectivity index is 2.02. The lowest BCUT2D eigenvalue weighted by molar-refractivity contribution is 0.0636. The number of hydrogen-bond donors (Lipinski definition) is 2. The Morgan fingerprint density at radius 1 is 1.30 bits per heavy atom. The van der Waals surface area contributed by atoms with Crippen molar-refractivity contribution in [3.8, 4) is 0 Å². The van der Waals surface area contributed by atoms with Crippen LogP contribution < -0.4 is 10.6 Å². The Kier molecular flexibility index (Phi) is 5.10. The molecule has 122 valence electrons. The number of ether oxygens (including phenoxy) is 1. The Labute approximate surface area is 134 Å². The number of hydrogen-bond acceptors (Lipinski definition) is 5. The second kappa shape index (κ2) is 7.04. The molecule has 7 heteroatoms. The van der Waals surface area contributed by atoms with Crippen LogP contribution in [0.4, 0.5) is 20.6 Å². The van der Waals surface area contributed by atoms with Gasteiger partial charge in [-0.15, -0.1) is 0 Å². The first-order chi connectivity index (χ1) is 10.8. The number of amides is 1. The van der Waals surface area contributed by atoms with Gasteiger partial charge < -0.3 is 10.1 Å². The number of aromatic nitrogens is 2. The van der Waals surface area contributed by atoms with Gasteiger partial charge in [-0.25, -0.2) is 19.2 Å². The molecule has 0 fully saturated rings. The second-order valence-corrected chi connectivity index (χ2v) is 5.88. The Morgan fingerprint density at radius 3 is 2.74 bits per heavy atom. The van der Waals surface area contributed by atoms with Crippen molar-refractivity contribution in [1.29, 1.82) is 0 Å². The van der Waals surface area contributed by atoms with E-state index in [0.717, 1.165) is 5.69 Å². The predicted molar refractivity (Wildman–Crippen MR) is 85.6 cm³/mol. The third-order valence-electron chi connectivity index (χ3n) is 2.71. The summed E-state index contributed by atoms with van der Waals surface area (Å²) in [5.41, 5.74) is 0.825. The number of carbonyl (C=O) groups is 1. The summed E-state index contributed by atoms with van der Waals surface area (Å²) in [6.07, 6.45) is 2.44. The van der Waals surface area contributed by atoms with Crippen LogP contribution in [0.15, 0.2) is 36.8 Å². The molecule has 23 heavy (non-hydrogen) atoms. The van der Waals surface area contributed by atoms with E-state index in [-0.39, 0.29) is 5.69 Å². The van der Waals surface area contributed by atoms with Gasteiger partial charge in [-0.1, -0.05) is 0 Å². The lowest BCUT2D eigenvalue weighted by Gasteiger charge is -2.20. The van der Waals surface area contributed by atoms with Gasteiger partial charge in [0.1, 0.15) is 17.7 Å². The largest absolute Gasteiger partial charge is 0.444 e. The zero-order valence-electron chi connectivity index (χ0n) is 13.3. The van der Waals surface area contributed by atoms with Crippen LogP contribution in [0.25, 0.3) is 0 Å². The van der Waals surface area contributed by atoms with E-state index >= 15 is 0 Å². The average molecular weight is 318 g/mol. The van der Waals surface area contributed by atoms with Crippen LogP contribution in [-0.4, -0.2) is 21.7 Å². The Morgan fingerprint density at radius 2 is 2.09 bits per heavy atom. The molecule has 0 unspecified atom stereocenters. The van der Waals surface area contributed by atoms with Gasteiger partial charge in [-0.2, -0.15) is 0 Å². The fraction of sp³-hybridized carbons (Fsp3) is 0.312. The molecule has 1 aromatic carbocycles. The van der Waals surface area contributed by atoms with Crippen LogP contribution in [0.1, 0.15) is 26.5 Å². The molecule has 0 bridgehead atoms. The smallest absolute Gasteiger partial charge is 0.412 e. The second-order valence-electron chi connectivity index (χ2n) is 5.88. The van der Waals surface area contributed by atoms with Crippen LogP contribution in [-0.2, 0) is 11.3 Å². The van der Waals surface area contributed by atoms with Gasteiger partial charge in [-0.05, 0) is 45.0 Å². The zero-order valence-corrected chi connectivity index (χ0v) is 13.3. The topological polar surface area (TPSA) is 76.1 Å². The molecule has 1 aromatic heterocycles. The number of nitrogens with zero attached hydrogens (tertiary/aromatic N) is 2. The Hall–Kier alpha value is -2.70. The molecule has 0 atom stereocenters. The number of rotatable bonds is 4. The van der Waals surface area contributed by atoms with E-state index in [1.807, 2.05) is 0 Å². The van der Waals surface area contributed by atoms with Gasteiger partial charge in [0.25, 0.3) is 0 Å². The highest BCUT2D eigenvalue weighted by molar-refractivity contribution is 5.85. The number of benzene rings is 1. The van der Waals surface area contributed by atoms with Crippen molar-refractivity contribution in [3.63, 3.8) is 0 Å². The lowest BCUT2D eigenvalue weighted by Crippen LogP contribution is -2.27. The molecule has 0 aliphatic carbocycles. The molecule has 2 N–H and O–H groups in total. The standard InChI is InChI=1S/C16H19FN4O2/c1-16(2,3)23-15(22)21-11-4-5-13(17)14(8-11)19-9-12-6-7-18-10-20-12/h4-8,10,19H,9H2,1-3H3,(H,21,22). The lowest BCUT2D eigenvalue weighted by atomic mass is 10.2. The maximum atomic E-state index is 13.8. The molecule has 0 radical (unpaired) electrons. The molecule has 1 amide bonds. The van der Waals surface area contributed by atoms with Crippen LogP contribution in [0.5, 0.6) is 0 Å². The van der Waals surface area contributed by atoms with Crippen LogP contribution >= 0.6 is 0 Å². The van der Waals surface area contributed by atoms with Gasteiger partial charge in [-0.3, -0.25) is 5.32 Å². The molecule has 0 saturated carbocycles. The molecule has 1 heterocycles. The molecule has 2 rings (SSSR count). The van der Waals surface area contributed by atoms with Crippen molar-refractivity contribution in [2.75, 3.05) is 10.6 Å². The minimum absolute atomic E-state index is 0.261. The molecule has 2 aromatic rings. The fourth-order valence-electron chi connectivity index (χ4n) is 1.77. The summed E-state index contributed by atoms with van der Waals surface area (Å²) in [5, 5.41) is 5.50. The molecule has 0 aliphatic rings. The Bertz CT molecular complexity index is 672. The normalized spacial score (nSPS) is 11.0. The van der Waals surface area contributed by atoms with E-state index in [1.54, 1.807) is 33.0 Å². The van der Waals surface area contributed by atoms with Gasteiger partial charge in [0, 0.05) is 11.9 Å². The van der Waals surface area contributed by atoms with E-state index in [2.05, 4.69) is 20.6 Å². The monoisotopic (exact) mass is 318 g/mol. The van der Waals surface area contributed by atoms with Crippen molar-refractivity contribution in [3.05, 3.63) is 48.3 Å². The minimum atomic E-state index is -0.599. The third kappa shape index (κ3) is 5.54. The number of nitrogens with one attached hydrogen (secondary N) is 2. The van der Waals surface area contributed by atoms with Crippen molar-refractivity contribution < 1.29 is 13.9 Å². The van der Waals surface area contributed by atoms with Crippen molar-refractivity contribution in [2.45, 2.75) is 32.9 Å². The SMILES string of the molecule is CC(C)(C)OC(=O)Nc1ccc(F)c(NCc2ccncn2)c1.